The van der Waals surface area contributed by atoms with Crippen LogP contribution in [0.3, 0.4) is 0 Å². The van der Waals surface area contributed by atoms with E-state index < -0.39 is 10.0 Å². The number of amides is 1. The van der Waals surface area contributed by atoms with Gasteiger partial charge in [-0.25, -0.2) is 13.4 Å². The zero-order chi connectivity index (χ0) is 19.9. The van der Waals surface area contributed by atoms with Crippen LogP contribution in [0.4, 0.5) is 0 Å². The predicted molar refractivity (Wildman–Crippen MR) is 109 cm³/mol. The van der Waals surface area contributed by atoms with Gasteiger partial charge in [-0.1, -0.05) is 24.3 Å². The number of aliphatic imine (C=N–C) groups is 1. The van der Waals surface area contributed by atoms with Crippen molar-refractivity contribution in [3.8, 4) is 0 Å². The third-order valence-electron chi connectivity index (χ3n) is 4.68. The molecule has 1 aliphatic heterocycles. The Hall–Kier alpha value is -2.78. The first-order valence-electron chi connectivity index (χ1n) is 8.64. The molecule has 144 valence electrons. The molecule has 0 saturated heterocycles. The summed E-state index contributed by atoms with van der Waals surface area (Å²) in [6, 6.07) is 14.2. The van der Waals surface area contributed by atoms with Crippen molar-refractivity contribution in [3.63, 3.8) is 0 Å². The number of hydrogen-bond acceptors (Lipinski definition) is 6. The molecule has 0 unspecified atom stereocenters. The highest BCUT2D eigenvalue weighted by Crippen LogP contribution is 2.29. The van der Waals surface area contributed by atoms with Gasteiger partial charge >= 0.3 is 0 Å². The molecular formula is C19H18N4O3S2. The quantitative estimate of drug-likeness (QED) is 0.710. The zero-order valence-corrected chi connectivity index (χ0v) is 16.9. The maximum atomic E-state index is 12.6. The van der Waals surface area contributed by atoms with E-state index in [-0.39, 0.29) is 29.2 Å². The van der Waals surface area contributed by atoms with Gasteiger partial charge in [-0.3, -0.25) is 14.5 Å². The number of aromatic nitrogens is 1. The number of rotatable bonds is 4. The minimum absolute atomic E-state index is 0.155. The van der Waals surface area contributed by atoms with Crippen LogP contribution in [-0.4, -0.2) is 43.6 Å². The fraction of sp³-hybridized carbons (Fsp3) is 0.211. The Morgan fingerprint density at radius 2 is 1.93 bits per heavy atom. The van der Waals surface area contributed by atoms with E-state index in [1.54, 1.807) is 41.5 Å². The number of likely N-dealkylation sites (N-methyl/N-ethyl adjacent to an activating group) is 1. The third-order valence-corrected chi connectivity index (χ3v) is 7.28. The Balaban J connectivity index is 1.51. The van der Waals surface area contributed by atoms with Crippen molar-refractivity contribution >= 4 is 43.3 Å². The van der Waals surface area contributed by atoms with E-state index in [1.165, 1.54) is 6.07 Å². The molecule has 4 rings (SSSR count). The van der Waals surface area contributed by atoms with Crippen molar-refractivity contribution < 1.29 is 13.2 Å². The van der Waals surface area contributed by atoms with Crippen LogP contribution in [0.25, 0.3) is 10.2 Å². The number of benzene rings is 2. The number of sulfonamides is 1. The van der Waals surface area contributed by atoms with E-state index in [4.69, 9.17) is 0 Å². The standard InChI is InChI=1S/C19H18N4O3S2/c1-12(19-21-14-8-4-5-9-15(14)27-19)23(2)17(24)11-20-18-13-7-3-6-10-16(13)28(25,26)22-18/h3-10,12H,11H2,1-2H3,(H,20,22)/t12-/m1/s1. The van der Waals surface area contributed by atoms with Crippen LogP contribution in [-0.2, 0) is 14.8 Å². The van der Waals surface area contributed by atoms with Gasteiger partial charge in [0.05, 0.1) is 21.2 Å². The van der Waals surface area contributed by atoms with E-state index in [2.05, 4.69) is 14.7 Å². The van der Waals surface area contributed by atoms with Gasteiger partial charge in [-0.05, 0) is 31.2 Å². The van der Waals surface area contributed by atoms with Crippen LogP contribution in [0, 0.1) is 0 Å². The van der Waals surface area contributed by atoms with Gasteiger partial charge in [0.25, 0.3) is 10.0 Å². The first-order valence-corrected chi connectivity index (χ1v) is 10.9. The van der Waals surface area contributed by atoms with Crippen molar-refractivity contribution in [2.45, 2.75) is 17.9 Å². The number of nitrogens with one attached hydrogen (secondary N) is 1. The van der Waals surface area contributed by atoms with Crippen molar-refractivity contribution in [3.05, 3.63) is 59.1 Å². The molecule has 1 aliphatic rings. The summed E-state index contributed by atoms with van der Waals surface area (Å²) in [5.41, 5.74) is 1.39. The minimum Gasteiger partial charge on any atom is -0.335 e. The number of carbonyl (C=O) groups is 1. The molecule has 2 heterocycles. The molecule has 1 atom stereocenters. The second-order valence-electron chi connectivity index (χ2n) is 6.47. The molecule has 0 aliphatic carbocycles. The van der Waals surface area contributed by atoms with Crippen LogP contribution in [0.2, 0.25) is 0 Å². The summed E-state index contributed by atoms with van der Waals surface area (Å²) in [6.07, 6.45) is 0. The highest BCUT2D eigenvalue weighted by atomic mass is 32.2. The van der Waals surface area contributed by atoms with Crippen molar-refractivity contribution in [2.75, 3.05) is 13.6 Å². The Labute approximate surface area is 166 Å². The van der Waals surface area contributed by atoms with E-state index in [0.29, 0.717) is 5.56 Å². The molecule has 7 nitrogen and oxygen atoms in total. The van der Waals surface area contributed by atoms with Crippen molar-refractivity contribution in [1.29, 1.82) is 0 Å². The molecule has 9 heteroatoms. The molecule has 0 fully saturated rings. The number of fused-ring (bicyclic) bond motifs is 2. The number of para-hydroxylation sites is 1. The van der Waals surface area contributed by atoms with Gasteiger partial charge in [-0.15, -0.1) is 11.3 Å². The summed E-state index contributed by atoms with van der Waals surface area (Å²) < 4.78 is 27.7. The van der Waals surface area contributed by atoms with E-state index >= 15 is 0 Å². The van der Waals surface area contributed by atoms with E-state index in [0.717, 1.165) is 15.2 Å². The monoisotopic (exact) mass is 414 g/mol. The Kier molecular flexibility index (Phi) is 4.64. The highest BCUT2D eigenvalue weighted by molar-refractivity contribution is 7.90. The van der Waals surface area contributed by atoms with Crippen LogP contribution in [0.15, 0.2) is 58.4 Å². The van der Waals surface area contributed by atoms with Gasteiger partial charge in [0.2, 0.25) is 5.91 Å². The lowest BCUT2D eigenvalue weighted by atomic mass is 10.2. The summed E-state index contributed by atoms with van der Waals surface area (Å²) in [7, 11) is -1.91. The topological polar surface area (TPSA) is 91.7 Å². The SMILES string of the molecule is C[C@H](c1nc2ccccc2s1)N(C)C(=O)CN=C1NS(=O)(=O)c2ccccc21. The Morgan fingerprint density at radius 3 is 2.71 bits per heavy atom. The number of hydrogen-bond donors (Lipinski definition) is 1. The molecule has 0 radical (unpaired) electrons. The average molecular weight is 415 g/mol. The molecule has 3 aromatic rings. The largest absolute Gasteiger partial charge is 0.335 e. The van der Waals surface area contributed by atoms with Gasteiger partial charge in [0, 0.05) is 12.6 Å². The van der Waals surface area contributed by atoms with E-state index in [1.807, 2.05) is 31.2 Å². The molecule has 0 spiro atoms. The average Bonchev–Trinajstić information content (AvgIpc) is 3.24. The lowest BCUT2D eigenvalue weighted by Gasteiger charge is -2.22. The summed E-state index contributed by atoms with van der Waals surface area (Å²) in [5, 5.41) is 0.844. The van der Waals surface area contributed by atoms with Gasteiger partial charge in [0.1, 0.15) is 17.4 Å². The normalized spacial score (nSPS) is 17.3. The van der Waals surface area contributed by atoms with Crippen LogP contribution >= 0.6 is 11.3 Å². The van der Waals surface area contributed by atoms with Crippen LogP contribution in [0.1, 0.15) is 23.5 Å². The zero-order valence-electron chi connectivity index (χ0n) is 15.3. The van der Waals surface area contributed by atoms with Crippen molar-refractivity contribution in [2.24, 2.45) is 4.99 Å². The lowest BCUT2D eigenvalue weighted by molar-refractivity contribution is -0.130. The molecule has 28 heavy (non-hydrogen) atoms. The molecular weight excluding hydrogens is 396 g/mol. The first kappa shape index (κ1) is 18.6. The Bertz CT molecular complexity index is 1170. The first-order chi connectivity index (χ1) is 13.4. The van der Waals surface area contributed by atoms with Crippen molar-refractivity contribution in [1.82, 2.24) is 14.6 Å². The highest BCUT2D eigenvalue weighted by Gasteiger charge is 2.30. The summed E-state index contributed by atoms with van der Waals surface area (Å²) in [5.74, 6) is -0.0205. The molecule has 2 aromatic carbocycles. The van der Waals surface area contributed by atoms with Crippen LogP contribution < -0.4 is 4.72 Å². The summed E-state index contributed by atoms with van der Waals surface area (Å²) >= 11 is 1.55. The fourth-order valence-electron chi connectivity index (χ4n) is 2.96. The predicted octanol–water partition coefficient (Wildman–Crippen LogP) is 2.55. The number of nitrogens with zero attached hydrogens (tertiary/aromatic N) is 3. The fourth-order valence-corrected chi connectivity index (χ4v) is 5.27. The molecule has 1 aromatic heterocycles. The third kappa shape index (κ3) is 3.27. The lowest BCUT2D eigenvalue weighted by Crippen LogP contribution is -2.32. The van der Waals surface area contributed by atoms with Crippen LogP contribution in [0.5, 0.6) is 0 Å². The molecule has 1 amide bonds. The second-order valence-corrected chi connectivity index (χ2v) is 9.18. The van der Waals surface area contributed by atoms with Gasteiger partial charge in [-0.2, -0.15) is 0 Å². The smallest absolute Gasteiger partial charge is 0.263 e. The number of thiazole rings is 1. The molecule has 0 bridgehead atoms. The van der Waals surface area contributed by atoms with Gasteiger partial charge < -0.3 is 4.90 Å². The maximum Gasteiger partial charge on any atom is 0.263 e. The minimum atomic E-state index is -3.61. The molecule has 1 N–H and O–H groups in total. The molecule has 0 saturated carbocycles. The summed E-state index contributed by atoms with van der Waals surface area (Å²) in [4.78, 5) is 23.2. The maximum absolute atomic E-state index is 12.6. The second kappa shape index (κ2) is 6.99. The van der Waals surface area contributed by atoms with E-state index in [9.17, 15) is 13.2 Å². The number of carbonyl (C=O) groups excluding carboxylic acids is 1. The Morgan fingerprint density at radius 1 is 1.21 bits per heavy atom. The summed E-state index contributed by atoms with van der Waals surface area (Å²) in [6.45, 7) is 1.76. The van der Waals surface area contributed by atoms with Gasteiger partial charge in [0.15, 0.2) is 0 Å². The number of amidine groups is 1.